The Morgan fingerprint density at radius 2 is 1.83 bits per heavy atom. The molecule has 0 radical (unpaired) electrons. The SMILES string of the molecule is CCC(NC(=O)CCCN(c1ccccc1OC)S(C)(=O)=O)c1ccc(C)c(C)c1. The van der Waals surface area contributed by atoms with Gasteiger partial charge in [-0.2, -0.15) is 0 Å². The van der Waals surface area contributed by atoms with Crippen molar-refractivity contribution in [1.29, 1.82) is 0 Å². The average molecular weight is 433 g/mol. The molecule has 0 saturated heterocycles. The maximum Gasteiger partial charge on any atom is 0.232 e. The van der Waals surface area contributed by atoms with Gasteiger partial charge in [0.15, 0.2) is 0 Å². The monoisotopic (exact) mass is 432 g/mol. The molecule has 0 aromatic heterocycles. The number of carbonyl (C=O) groups excluding carboxylic acids is 1. The second-order valence-electron chi connectivity index (χ2n) is 7.48. The van der Waals surface area contributed by atoms with Gasteiger partial charge >= 0.3 is 0 Å². The number of methoxy groups -OCH3 is 1. The van der Waals surface area contributed by atoms with Gasteiger partial charge < -0.3 is 10.1 Å². The lowest BCUT2D eigenvalue weighted by atomic mass is 9.99. The summed E-state index contributed by atoms with van der Waals surface area (Å²) in [5, 5.41) is 3.07. The molecule has 1 amide bonds. The molecule has 0 fully saturated rings. The minimum absolute atomic E-state index is 0.0583. The van der Waals surface area contributed by atoms with E-state index >= 15 is 0 Å². The third-order valence-corrected chi connectivity index (χ3v) is 6.38. The standard InChI is InChI=1S/C23H32N2O4S/c1-6-20(19-14-13-17(2)18(3)16-19)24-23(26)12-9-15-25(30(5,27)28)21-10-7-8-11-22(21)29-4/h7-8,10-11,13-14,16,20H,6,9,12,15H2,1-5H3,(H,24,26). The van der Waals surface area contributed by atoms with Crippen LogP contribution in [0, 0.1) is 13.8 Å². The molecule has 2 aromatic rings. The number of amides is 1. The molecule has 1 unspecified atom stereocenters. The van der Waals surface area contributed by atoms with Crippen LogP contribution in [-0.4, -0.2) is 34.2 Å². The van der Waals surface area contributed by atoms with Gasteiger partial charge in [0.25, 0.3) is 0 Å². The Hall–Kier alpha value is -2.54. The Morgan fingerprint density at radius 3 is 2.43 bits per heavy atom. The number of sulfonamides is 1. The molecule has 1 atom stereocenters. The predicted molar refractivity (Wildman–Crippen MR) is 122 cm³/mol. The number of nitrogens with zero attached hydrogens (tertiary/aromatic N) is 1. The van der Waals surface area contributed by atoms with Crippen molar-refractivity contribution in [3.63, 3.8) is 0 Å². The third-order valence-electron chi connectivity index (χ3n) is 5.20. The summed E-state index contributed by atoms with van der Waals surface area (Å²) in [6.45, 7) is 6.36. The molecule has 2 aromatic carbocycles. The average Bonchev–Trinajstić information content (AvgIpc) is 2.70. The van der Waals surface area contributed by atoms with Crippen molar-refractivity contribution < 1.29 is 17.9 Å². The molecule has 0 aliphatic carbocycles. The maximum absolute atomic E-state index is 12.5. The number of rotatable bonds is 10. The van der Waals surface area contributed by atoms with Gasteiger partial charge in [-0.3, -0.25) is 9.10 Å². The van der Waals surface area contributed by atoms with Crippen molar-refractivity contribution in [3.8, 4) is 5.75 Å². The normalized spacial score (nSPS) is 12.3. The van der Waals surface area contributed by atoms with Gasteiger partial charge in [-0.25, -0.2) is 8.42 Å². The Balaban J connectivity index is 2.02. The summed E-state index contributed by atoms with van der Waals surface area (Å²) in [7, 11) is -2.00. The molecule has 7 heteroatoms. The number of benzene rings is 2. The van der Waals surface area contributed by atoms with Crippen LogP contribution in [-0.2, 0) is 14.8 Å². The molecule has 164 valence electrons. The van der Waals surface area contributed by atoms with Gasteiger partial charge in [-0.1, -0.05) is 37.3 Å². The van der Waals surface area contributed by atoms with Crippen molar-refractivity contribution in [2.24, 2.45) is 0 Å². The molecule has 6 nitrogen and oxygen atoms in total. The zero-order valence-electron chi connectivity index (χ0n) is 18.4. The molecule has 0 aliphatic rings. The van der Waals surface area contributed by atoms with Gasteiger partial charge in [0.2, 0.25) is 15.9 Å². The van der Waals surface area contributed by atoms with Crippen molar-refractivity contribution in [2.45, 2.75) is 46.1 Å². The fourth-order valence-electron chi connectivity index (χ4n) is 3.35. The Labute approximate surface area is 180 Å². The molecule has 2 rings (SSSR count). The third kappa shape index (κ3) is 6.23. The summed E-state index contributed by atoms with van der Waals surface area (Å²) in [5.74, 6) is 0.390. The van der Waals surface area contributed by atoms with Crippen LogP contribution in [0.4, 0.5) is 5.69 Å². The lowest BCUT2D eigenvalue weighted by Crippen LogP contribution is -2.33. The van der Waals surface area contributed by atoms with E-state index < -0.39 is 10.0 Å². The Kier molecular flexibility index (Phi) is 8.29. The van der Waals surface area contributed by atoms with E-state index in [2.05, 4.69) is 31.3 Å². The van der Waals surface area contributed by atoms with Crippen LogP contribution in [0.5, 0.6) is 5.75 Å². The van der Waals surface area contributed by atoms with Crippen molar-refractivity contribution in [2.75, 3.05) is 24.2 Å². The molecule has 1 N–H and O–H groups in total. The molecule has 0 bridgehead atoms. The minimum atomic E-state index is -3.51. The van der Waals surface area contributed by atoms with E-state index in [9.17, 15) is 13.2 Å². The molecule has 0 heterocycles. The van der Waals surface area contributed by atoms with Gasteiger partial charge in [-0.05, 0) is 55.5 Å². The first-order valence-electron chi connectivity index (χ1n) is 10.1. The maximum atomic E-state index is 12.5. The van der Waals surface area contributed by atoms with E-state index in [1.165, 1.54) is 22.5 Å². The number of hydrogen-bond acceptors (Lipinski definition) is 4. The van der Waals surface area contributed by atoms with Gasteiger partial charge in [0, 0.05) is 13.0 Å². The summed E-state index contributed by atoms with van der Waals surface area (Å²) in [6.07, 6.45) is 2.58. The predicted octanol–water partition coefficient (Wildman–Crippen LogP) is 4.13. The van der Waals surface area contributed by atoms with E-state index in [0.717, 1.165) is 18.2 Å². The second kappa shape index (κ2) is 10.5. The first-order valence-corrected chi connectivity index (χ1v) is 12.0. The number of ether oxygens (including phenoxy) is 1. The number of nitrogens with one attached hydrogen (secondary N) is 1. The molecular formula is C23H32N2O4S. The van der Waals surface area contributed by atoms with Gasteiger partial charge in [0.05, 0.1) is 25.1 Å². The Morgan fingerprint density at radius 1 is 1.13 bits per heavy atom. The van der Waals surface area contributed by atoms with Crippen molar-refractivity contribution in [1.82, 2.24) is 5.32 Å². The first-order chi connectivity index (χ1) is 14.2. The topological polar surface area (TPSA) is 75.7 Å². The van der Waals surface area contributed by atoms with Crippen LogP contribution < -0.4 is 14.4 Å². The first kappa shape index (κ1) is 23.7. The van der Waals surface area contributed by atoms with E-state index in [-0.39, 0.29) is 24.9 Å². The highest BCUT2D eigenvalue weighted by atomic mass is 32.2. The minimum Gasteiger partial charge on any atom is -0.495 e. The van der Waals surface area contributed by atoms with Crippen LogP contribution in [0.15, 0.2) is 42.5 Å². The smallest absolute Gasteiger partial charge is 0.232 e. The fraction of sp³-hybridized carbons (Fsp3) is 0.435. The number of carbonyl (C=O) groups is 1. The highest BCUT2D eigenvalue weighted by Crippen LogP contribution is 2.29. The largest absolute Gasteiger partial charge is 0.495 e. The van der Waals surface area contributed by atoms with Crippen LogP contribution in [0.2, 0.25) is 0 Å². The quantitative estimate of drug-likeness (QED) is 0.613. The number of para-hydroxylation sites is 2. The van der Waals surface area contributed by atoms with Crippen LogP contribution in [0.1, 0.15) is 48.9 Å². The van der Waals surface area contributed by atoms with Crippen molar-refractivity contribution in [3.05, 3.63) is 59.2 Å². The highest BCUT2D eigenvalue weighted by Gasteiger charge is 2.21. The van der Waals surface area contributed by atoms with Crippen LogP contribution >= 0.6 is 0 Å². The summed E-state index contributed by atoms with van der Waals surface area (Å²) in [5.41, 5.74) is 3.98. The molecule has 30 heavy (non-hydrogen) atoms. The zero-order chi connectivity index (χ0) is 22.3. The van der Waals surface area contributed by atoms with Crippen molar-refractivity contribution >= 4 is 21.6 Å². The van der Waals surface area contributed by atoms with Crippen LogP contribution in [0.25, 0.3) is 0 Å². The lowest BCUT2D eigenvalue weighted by Gasteiger charge is -2.24. The zero-order valence-corrected chi connectivity index (χ0v) is 19.3. The fourth-order valence-corrected chi connectivity index (χ4v) is 4.32. The lowest BCUT2D eigenvalue weighted by molar-refractivity contribution is -0.121. The van der Waals surface area contributed by atoms with E-state index in [1.54, 1.807) is 24.3 Å². The number of hydrogen-bond donors (Lipinski definition) is 1. The summed E-state index contributed by atoms with van der Waals surface area (Å²) < 4.78 is 31.2. The molecule has 0 aliphatic heterocycles. The van der Waals surface area contributed by atoms with E-state index in [1.807, 2.05) is 13.0 Å². The second-order valence-corrected chi connectivity index (χ2v) is 9.39. The van der Waals surface area contributed by atoms with E-state index in [4.69, 9.17) is 4.74 Å². The van der Waals surface area contributed by atoms with Gasteiger partial charge in [-0.15, -0.1) is 0 Å². The molecular weight excluding hydrogens is 400 g/mol. The summed E-state index contributed by atoms with van der Waals surface area (Å²) >= 11 is 0. The number of anilines is 1. The molecule has 0 spiro atoms. The summed E-state index contributed by atoms with van der Waals surface area (Å²) in [6, 6.07) is 13.1. The van der Waals surface area contributed by atoms with Crippen LogP contribution in [0.3, 0.4) is 0 Å². The Bertz CT molecular complexity index is 973. The highest BCUT2D eigenvalue weighted by molar-refractivity contribution is 7.92. The van der Waals surface area contributed by atoms with Gasteiger partial charge in [0.1, 0.15) is 5.75 Å². The summed E-state index contributed by atoms with van der Waals surface area (Å²) in [4.78, 5) is 12.5. The molecule has 0 saturated carbocycles. The number of aryl methyl sites for hydroxylation is 2. The van der Waals surface area contributed by atoms with E-state index in [0.29, 0.717) is 17.9 Å².